The lowest BCUT2D eigenvalue weighted by Crippen LogP contribution is -2.09. The van der Waals surface area contributed by atoms with Gasteiger partial charge in [0.25, 0.3) is 0 Å². The summed E-state index contributed by atoms with van der Waals surface area (Å²) in [5.41, 5.74) is 0. The van der Waals surface area contributed by atoms with E-state index in [1.807, 2.05) is 11.8 Å². The van der Waals surface area contributed by atoms with E-state index in [4.69, 9.17) is 0 Å². The van der Waals surface area contributed by atoms with Crippen LogP contribution in [-0.4, -0.2) is 22.7 Å². The van der Waals surface area contributed by atoms with Gasteiger partial charge in [-0.3, -0.25) is 0 Å². The monoisotopic (exact) mass is 260 g/mol. The van der Waals surface area contributed by atoms with Gasteiger partial charge < -0.3 is 5.11 Å². The summed E-state index contributed by atoms with van der Waals surface area (Å²) in [5.74, 6) is 2.12. The number of rotatable bonds is 13. The summed E-state index contributed by atoms with van der Waals surface area (Å²) in [5, 5.41) is 9.73. The highest BCUT2D eigenvalue weighted by Gasteiger charge is 2.03. The summed E-state index contributed by atoms with van der Waals surface area (Å²) in [6.07, 6.45) is 13.0. The van der Waals surface area contributed by atoms with Gasteiger partial charge in [0.2, 0.25) is 0 Å². The standard InChI is InChI=1S/C15H32OS/c1-3-5-6-7-8-9-10-11-12-15(16)14-17-13-4-2/h15-16H,3-14H2,1-2H3. The topological polar surface area (TPSA) is 20.2 Å². The Labute approximate surface area is 113 Å². The van der Waals surface area contributed by atoms with Crippen LogP contribution >= 0.6 is 11.8 Å². The Morgan fingerprint density at radius 3 is 2.00 bits per heavy atom. The molecule has 1 unspecified atom stereocenters. The highest BCUT2D eigenvalue weighted by atomic mass is 32.2. The average molecular weight is 260 g/mol. The van der Waals surface area contributed by atoms with Crippen molar-refractivity contribution in [2.24, 2.45) is 0 Å². The first kappa shape index (κ1) is 17.3. The van der Waals surface area contributed by atoms with Gasteiger partial charge in [0, 0.05) is 5.75 Å². The van der Waals surface area contributed by atoms with Crippen molar-refractivity contribution in [3.05, 3.63) is 0 Å². The molecule has 0 aliphatic carbocycles. The fourth-order valence-corrected chi connectivity index (χ4v) is 2.85. The van der Waals surface area contributed by atoms with Gasteiger partial charge in [0.15, 0.2) is 0 Å². The van der Waals surface area contributed by atoms with Crippen LogP contribution in [-0.2, 0) is 0 Å². The lowest BCUT2D eigenvalue weighted by Gasteiger charge is -2.09. The Balaban J connectivity index is 3.05. The molecule has 0 bridgehead atoms. The first-order chi connectivity index (χ1) is 8.31. The lowest BCUT2D eigenvalue weighted by atomic mass is 10.1. The molecule has 0 radical (unpaired) electrons. The van der Waals surface area contributed by atoms with Crippen molar-refractivity contribution in [1.29, 1.82) is 0 Å². The normalized spacial score (nSPS) is 12.9. The van der Waals surface area contributed by atoms with Crippen LogP contribution in [0.4, 0.5) is 0 Å². The Morgan fingerprint density at radius 1 is 0.824 bits per heavy atom. The molecule has 0 aromatic heterocycles. The van der Waals surface area contributed by atoms with Crippen LogP contribution in [0.1, 0.15) is 78.1 Å². The molecule has 0 aliphatic rings. The molecule has 0 amide bonds. The van der Waals surface area contributed by atoms with Gasteiger partial charge in [-0.1, -0.05) is 65.2 Å². The van der Waals surface area contributed by atoms with Crippen LogP contribution in [0.15, 0.2) is 0 Å². The zero-order chi connectivity index (χ0) is 12.8. The van der Waals surface area contributed by atoms with Crippen LogP contribution in [0.3, 0.4) is 0 Å². The quantitative estimate of drug-likeness (QED) is 0.469. The van der Waals surface area contributed by atoms with Crippen LogP contribution < -0.4 is 0 Å². The highest BCUT2D eigenvalue weighted by Crippen LogP contribution is 2.13. The van der Waals surface area contributed by atoms with E-state index < -0.39 is 0 Å². The molecule has 0 saturated carbocycles. The molecule has 0 aromatic rings. The van der Waals surface area contributed by atoms with E-state index in [1.54, 1.807) is 0 Å². The van der Waals surface area contributed by atoms with E-state index in [0.717, 1.165) is 12.2 Å². The first-order valence-electron chi connectivity index (χ1n) is 7.57. The van der Waals surface area contributed by atoms with E-state index in [1.165, 1.54) is 63.5 Å². The number of unbranched alkanes of at least 4 members (excludes halogenated alkanes) is 7. The fourth-order valence-electron chi connectivity index (χ4n) is 1.96. The number of hydrogen-bond acceptors (Lipinski definition) is 2. The molecule has 1 nitrogen and oxygen atoms in total. The maximum atomic E-state index is 9.73. The lowest BCUT2D eigenvalue weighted by molar-refractivity contribution is 0.185. The second-order valence-corrected chi connectivity index (χ2v) is 6.14. The zero-order valence-electron chi connectivity index (χ0n) is 11.9. The number of aliphatic hydroxyl groups is 1. The number of hydrogen-bond donors (Lipinski definition) is 1. The molecule has 2 heteroatoms. The second kappa shape index (κ2) is 14.4. The molecule has 104 valence electrons. The fraction of sp³-hybridized carbons (Fsp3) is 1.00. The Bertz CT molecular complexity index is 139. The van der Waals surface area contributed by atoms with Gasteiger partial charge in [-0.15, -0.1) is 0 Å². The van der Waals surface area contributed by atoms with E-state index in [-0.39, 0.29) is 6.10 Å². The van der Waals surface area contributed by atoms with Gasteiger partial charge in [-0.2, -0.15) is 11.8 Å². The van der Waals surface area contributed by atoms with Gasteiger partial charge in [0.05, 0.1) is 6.10 Å². The van der Waals surface area contributed by atoms with Crippen molar-refractivity contribution < 1.29 is 5.11 Å². The van der Waals surface area contributed by atoms with Crippen molar-refractivity contribution in [3.8, 4) is 0 Å². The zero-order valence-corrected chi connectivity index (χ0v) is 12.7. The van der Waals surface area contributed by atoms with E-state index in [9.17, 15) is 5.11 Å². The molecule has 0 saturated heterocycles. The third-order valence-electron chi connectivity index (χ3n) is 3.05. The van der Waals surface area contributed by atoms with Crippen molar-refractivity contribution >= 4 is 11.8 Å². The van der Waals surface area contributed by atoms with Crippen LogP contribution in [0.2, 0.25) is 0 Å². The van der Waals surface area contributed by atoms with Crippen molar-refractivity contribution in [1.82, 2.24) is 0 Å². The number of aliphatic hydroxyl groups excluding tert-OH is 1. The van der Waals surface area contributed by atoms with Crippen LogP contribution in [0.5, 0.6) is 0 Å². The van der Waals surface area contributed by atoms with Crippen LogP contribution in [0.25, 0.3) is 0 Å². The first-order valence-corrected chi connectivity index (χ1v) is 8.72. The minimum absolute atomic E-state index is 0.0633. The van der Waals surface area contributed by atoms with Crippen molar-refractivity contribution in [2.75, 3.05) is 11.5 Å². The predicted molar refractivity (Wildman–Crippen MR) is 80.8 cm³/mol. The molecule has 0 aromatic carbocycles. The molecular formula is C15H32OS. The Kier molecular flexibility index (Phi) is 14.6. The third kappa shape index (κ3) is 14.2. The van der Waals surface area contributed by atoms with Crippen LogP contribution in [0, 0.1) is 0 Å². The molecule has 0 fully saturated rings. The molecular weight excluding hydrogens is 228 g/mol. The summed E-state index contributed by atoms with van der Waals surface area (Å²) in [4.78, 5) is 0. The minimum atomic E-state index is -0.0633. The van der Waals surface area contributed by atoms with E-state index >= 15 is 0 Å². The van der Waals surface area contributed by atoms with E-state index in [0.29, 0.717) is 0 Å². The summed E-state index contributed by atoms with van der Waals surface area (Å²) in [6, 6.07) is 0. The summed E-state index contributed by atoms with van der Waals surface area (Å²) in [6.45, 7) is 4.45. The SMILES string of the molecule is CCCCCCCCCCC(O)CSCCC. The molecule has 0 aliphatic heterocycles. The maximum absolute atomic E-state index is 9.73. The summed E-state index contributed by atoms with van der Waals surface area (Å²) >= 11 is 1.89. The number of thioether (sulfide) groups is 1. The van der Waals surface area contributed by atoms with Gasteiger partial charge in [-0.05, 0) is 18.6 Å². The van der Waals surface area contributed by atoms with Gasteiger partial charge in [0.1, 0.15) is 0 Å². The average Bonchev–Trinajstić information content (AvgIpc) is 2.33. The largest absolute Gasteiger partial charge is 0.392 e. The maximum Gasteiger partial charge on any atom is 0.0630 e. The van der Waals surface area contributed by atoms with Gasteiger partial charge >= 0.3 is 0 Å². The highest BCUT2D eigenvalue weighted by molar-refractivity contribution is 7.99. The molecule has 0 spiro atoms. The smallest absolute Gasteiger partial charge is 0.0630 e. The molecule has 1 N–H and O–H groups in total. The minimum Gasteiger partial charge on any atom is -0.392 e. The molecule has 0 rings (SSSR count). The molecule has 1 atom stereocenters. The molecule has 0 heterocycles. The van der Waals surface area contributed by atoms with Crippen molar-refractivity contribution in [3.63, 3.8) is 0 Å². The summed E-state index contributed by atoms with van der Waals surface area (Å²) < 4.78 is 0. The van der Waals surface area contributed by atoms with Gasteiger partial charge in [-0.25, -0.2) is 0 Å². The van der Waals surface area contributed by atoms with Crippen molar-refractivity contribution in [2.45, 2.75) is 84.2 Å². The second-order valence-electron chi connectivity index (χ2n) is 4.99. The Hall–Kier alpha value is 0.310. The van der Waals surface area contributed by atoms with E-state index in [2.05, 4.69) is 13.8 Å². The summed E-state index contributed by atoms with van der Waals surface area (Å²) in [7, 11) is 0. The third-order valence-corrected chi connectivity index (χ3v) is 4.37. The predicted octanol–water partition coefficient (Wildman–Crippen LogP) is 5.02. The molecule has 17 heavy (non-hydrogen) atoms. The Morgan fingerprint density at radius 2 is 1.41 bits per heavy atom.